The van der Waals surface area contributed by atoms with Crippen LogP contribution in [0.25, 0.3) is 0 Å². The van der Waals surface area contributed by atoms with Crippen molar-refractivity contribution in [3.63, 3.8) is 0 Å². The minimum Gasteiger partial charge on any atom is -0.355 e. The van der Waals surface area contributed by atoms with E-state index in [1.165, 1.54) is 12.8 Å². The van der Waals surface area contributed by atoms with E-state index in [-0.39, 0.29) is 11.8 Å². The van der Waals surface area contributed by atoms with Gasteiger partial charge in [-0.25, -0.2) is 0 Å². The number of amides is 1. The van der Waals surface area contributed by atoms with Crippen LogP contribution < -0.4 is 10.6 Å². The molecule has 0 heterocycles. The van der Waals surface area contributed by atoms with Gasteiger partial charge in [-0.05, 0) is 31.7 Å². The fourth-order valence-electron chi connectivity index (χ4n) is 1.55. The Bertz CT molecular complexity index is 178. The number of hydrogen-bond donors (Lipinski definition) is 2. The first kappa shape index (κ1) is 11.5. The van der Waals surface area contributed by atoms with Crippen LogP contribution in [-0.4, -0.2) is 25.5 Å². The molecule has 0 spiro atoms. The third-order valence-corrected chi connectivity index (χ3v) is 2.77. The molecule has 0 aromatic rings. The predicted molar refractivity (Wildman–Crippen MR) is 58.1 cm³/mol. The molecule has 1 rings (SSSR count). The topological polar surface area (TPSA) is 41.1 Å². The molecule has 0 saturated heterocycles. The number of nitrogens with one attached hydrogen (secondary N) is 2. The first-order valence-electron chi connectivity index (χ1n) is 5.74. The Kier molecular flexibility index (Phi) is 4.94. The second kappa shape index (κ2) is 6.02. The summed E-state index contributed by atoms with van der Waals surface area (Å²) in [4.78, 5) is 11.5. The van der Waals surface area contributed by atoms with Gasteiger partial charge in [-0.3, -0.25) is 4.79 Å². The van der Waals surface area contributed by atoms with E-state index in [1.54, 1.807) is 0 Å². The lowest BCUT2D eigenvalue weighted by atomic mass is 10.1. The molecule has 1 saturated carbocycles. The lowest BCUT2D eigenvalue weighted by Gasteiger charge is -2.11. The summed E-state index contributed by atoms with van der Waals surface area (Å²) in [6, 6.07) is 0. The molecule has 2 N–H and O–H groups in total. The summed E-state index contributed by atoms with van der Waals surface area (Å²) in [5.74, 6) is 1.12. The van der Waals surface area contributed by atoms with Crippen molar-refractivity contribution >= 4 is 5.91 Å². The van der Waals surface area contributed by atoms with Crippen LogP contribution in [0.1, 0.15) is 33.1 Å². The van der Waals surface area contributed by atoms with E-state index in [2.05, 4.69) is 17.6 Å². The standard InChI is InChI=1S/C11H22N2O/c1-3-6-12-7-8-13-11(14)9(2)10-4-5-10/h9-10,12H,3-8H2,1-2H3,(H,13,14). The van der Waals surface area contributed by atoms with Crippen LogP contribution >= 0.6 is 0 Å². The van der Waals surface area contributed by atoms with Crippen LogP contribution in [0.4, 0.5) is 0 Å². The Morgan fingerprint density at radius 2 is 2.07 bits per heavy atom. The van der Waals surface area contributed by atoms with Gasteiger partial charge in [-0.1, -0.05) is 13.8 Å². The normalized spacial score (nSPS) is 17.9. The third kappa shape index (κ3) is 4.09. The number of carbonyl (C=O) groups excluding carboxylic acids is 1. The Hall–Kier alpha value is -0.570. The van der Waals surface area contributed by atoms with Gasteiger partial charge in [0.25, 0.3) is 0 Å². The maximum Gasteiger partial charge on any atom is 0.223 e. The molecular weight excluding hydrogens is 176 g/mol. The highest BCUT2D eigenvalue weighted by Gasteiger charge is 2.32. The Labute approximate surface area is 86.6 Å². The smallest absolute Gasteiger partial charge is 0.223 e. The fourth-order valence-corrected chi connectivity index (χ4v) is 1.55. The molecule has 1 aliphatic carbocycles. The van der Waals surface area contributed by atoms with Gasteiger partial charge in [0.1, 0.15) is 0 Å². The second-order valence-corrected chi connectivity index (χ2v) is 4.17. The first-order valence-corrected chi connectivity index (χ1v) is 5.74. The van der Waals surface area contributed by atoms with Crippen LogP contribution in [0.15, 0.2) is 0 Å². The maximum absolute atomic E-state index is 11.5. The van der Waals surface area contributed by atoms with Crippen molar-refractivity contribution in [2.45, 2.75) is 33.1 Å². The summed E-state index contributed by atoms with van der Waals surface area (Å²) in [7, 11) is 0. The van der Waals surface area contributed by atoms with Crippen molar-refractivity contribution in [3.05, 3.63) is 0 Å². The highest BCUT2D eigenvalue weighted by atomic mass is 16.1. The SMILES string of the molecule is CCCNCCNC(=O)C(C)C1CC1. The minimum absolute atomic E-state index is 0.223. The van der Waals surface area contributed by atoms with E-state index in [0.717, 1.165) is 26.1 Å². The first-order chi connectivity index (χ1) is 6.75. The van der Waals surface area contributed by atoms with Gasteiger partial charge in [0.05, 0.1) is 0 Å². The van der Waals surface area contributed by atoms with Crippen molar-refractivity contribution in [3.8, 4) is 0 Å². The molecule has 0 radical (unpaired) electrons. The van der Waals surface area contributed by atoms with Crippen LogP contribution in [0.2, 0.25) is 0 Å². The summed E-state index contributed by atoms with van der Waals surface area (Å²) in [5, 5.41) is 6.22. The van der Waals surface area contributed by atoms with Gasteiger partial charge < -0.3 is 10.6 Å². The number of rotatable bonds is 7. The molecule has 14 heavy (non-hydrogen) atoms. The lowest BCUT2D eigenvalue weighted by Crippen LogP contribution is -2.35. The third-order valence-electron chi connectivity index (χ3n) is 2.77. The Morgan fingerprint density at radius 3 is 2.64 bits per heavy atom. The van der Waals surface area contributed by atoms with E-state index < -0.39 is 0 Å². The summed E-state index contributed by atoms with van der Waals surface area (Å²) in [6.45, 7) is 6.86. The van der Waals surface area contributed by atoms with Crippen molar-refractivity contribution in [2.24, 2.45) is 11.8 Å². The second-order valence-electron chi connectivity index (χ2n) is 4.17. The summed E-state index contributed by atoms with van der Waals surface area (Å²) < 4.78 is 0. The van der Waals surface area contributed by atoms with E-state index in [0.29, 0.717) is 5.92 Å². The minimum atomic E-state index is 0.223. The largest absolute Gasteiger partial charge is 0.355 e. The zero-order valence-corrected chi connectivity index (χ0v) is 9.31. The van der Waals surface area contributed by atoms with Gasteiger partial charge in [-0.2, -0.15) is 0 Å². The van der Waals surface area contributed by atoms with E-state index in [1.807, 2.05) is 6.92 Å². The van der Waals surface area contributed by atoms with E-state index in [4.69, 9.17) is 0 Å². The molecular formula is C11H22N2O. The molecule has 1 amide bonds. The van der Waals surface area contributed by atoms with Crippen LogP contribution in [0, 0.1) is 11.8 Å². The Morgan fingerprint density at radius 1 is 1.36 bits per heavy atom. The van der Waals surface area contributed by atoms with Crippen LogP contribution in [0.5, 0.6) is 0 Å². The van der Waals surface area contributed by atoms with Gasteiger partial charge >= 0.3 is 0 Å². The van der Waals surface area contributed by atoms with Crippen molar-refractivity contribution < 1.29 is 4.79 Å². The molecule has 1 aliphatic rings. The van der Waals surface area contributed by atoms with Gasteiger partial charge in [0.15, 0.2) is 0 Å². The molecule has 0 aromatic heterocycles. The van der Waals surface area contributed by atoms with Crippen molar-refractivity contribution in [1.82, 2.24) is 10.6 Å². The van der Waals surface area contributed by atoms with Gasteiger partial charge in [-0.15, -0.1) is 0 Å². The van der Waals surface area contributed by atoms with Crippen LogP contribution in [0.3, 0.4) is 0 Å². The molecule has 0 aliphatic heterocycles. The van der Waals surface area contributed by atoms with E-state index in [9.17, 15) is 4.79 Å². The zero-order chi connectivity index (χ0) is 10.4. The lowest BCUT2D eigenvalue weighted by molar-refractivity contribution is -0.125. The highest BCUT2D eigenvalue weighted by Crippen LogP contribution is 2.36. The summed E-state index contributed by atoms with van der Waals surface area (Å²) >= 11 is 0. The van der Waals surface area contributed by atoms with Crippen molar-refractivity contribution in [2.75, 3.05) is 19.6 Å². The summed E-state index contributed by atoms with van der Waals surface area (Å²) in [6.07, 6.45) is 3.62. The fraction of sp³-hybridized carbons (Fsp3) is 0.909. The number of hydrogen-bond acceptors (Lipinski definition) is 2. The molecule has 82 valence electrons. The predicted octanol–water partition coefficient (Wildman–Crippen LogP) is 1.15. The molecule has 3 nitrogen and oxygen atoms in total. The monoisotopic (exact) mass is 198 g/mol. The average Bonchev–Trinajstić information content (AvgIpc) is 2.99. The molecule has 1 atom stereocenters. The van der Waals surface area contributed by atoms with E-state index >= 15 is 0 Å². The van der Waals surface area contributed by atoms with Gasteiger partial charge in [0, 0.05) is 19.0 Å². The van der Waals surface area contributed by atoms with Gasteiger partial charge in [0.2, 0.25) is 5.91 Å². The van der Waals surface area contributed by atoms with Crippen molar-refractivity contribution in [1.29, 1.82) is 0 Å². The zero-order valence-electron chi connectivity index (χ0n) is 9.31. The summed E-state index contributed by atoms with van der Waals surface area (Å²) in [5.41, 5.74) is 0. The maximum atomic E-state index is 11.5. The molecule has 3 heteroatoms. The van der Waals surface area contributed by atoms with Crippen LogP contribution in [-0.2, 0) is 4.79 Å². The molecule has 1 unspecified atom stereocenters. The molecule has 0 aromatic carbocycles. The molecule has 0 bridgehead atoms. The number of carbonyl (C=O) groups is 1. The highest BCUT2D eigenvalue weighted by molar-refractivity contribution is 5.78. The average molecular weight is 198 g/mol. The quantitative estimate of drug-likeness (QED) is 0.602. The Balaban J connectivity index is 1.97. The molecule has 1 fully saturated rings.